The third kappa shape index (κ3) is 7.58. The van der Waals surface area contributed by atoms with Gasteiger partial charge in [0.25, 0.3) is 0 Å². The predicted octanol–water partition coefficient (Wildman–Crippen LogP) is 20.1. The van der Waals surface area contributed by atoms with Gasteiger partial charge in [-0.05, 0) is 127 Å². The number of hydrogen-bond donors (Lipinski definition) is 0. The van der Waals surface area contributed by atoms with Gasteiger partial charge in [0.1, 0.15) is 0 Å². The standard InChI is InChI=1S/C73H50N2S/c1-5-22-51(23-6-1)54-42-46-58(47-43-54)74(60-31-19-30-57(50-60)53-26-9-3-10-27-53)69-40-21-37-66-72(69)76-70-41-18-16-36-65(70)73(66)64-35-15-13-33-62(64)63-34-20-39-68(71(63)73)75(59-48-44-55(45-49-59)52-24-7-2-8-25-52)67-38-17-14-32-61(67)56-28-11-4-12-29-56/h1-50H. The van der Waals surface area contributed by atoms with E-state index in [1.54, 1.807) is 0 Å². The number of fused-ring (bicyclic) bond motifs is 9. The van der Waals surface area contributed by atoms with Crippen molar-refractivity contribution in [2.75, 3.05) is 9.80 Å². The fraction of sp³-hybridized carbons (Fsp3) is 0.0137. The fourth-order valence-corrected chi connectivity index (χ4v) is 13.3. The van der Waals surface area contributed by atoms with Gasteiger partial charge in [-0.1, -0.05) is 254 Å². The minimum atomic E-state index is -0.728. The number of para-hydroxylation sites is 1. The Balaban J connectivity index is 1.04. The molecular weight excluding hydrogens is 937 g/mol. The molecule has 0 bridgehead atoms. The van der Waals surface area contributed by atoms with Crippen LogP contribution in [0.5, 0.6) is 0 Å². The molecule has 0 amide bonds. The monoisotopic (exact) mass is 986 g/mol. The molecule has 1 aliphatic carbocycles. The molecule has 0 radical (unpaired) electrons. The average molecular weight is 987 g/mol. The molecule has 358 valence electrons. The molecule has 2 nitrogen and oxygen atoms in total. The van der Waals surface area contributed by atoms with Gasteiger partial charge in [-0.3, -0.25) is 0 Å². The number of nitrogens with zero attached hydrogens (tertiary/aromatic N) is 2. The molecule has 0 fully saturated rings. The lowest BCUT2D eigenvalue weighted by molar-refractivity contribution is 0.722. The molecular formula is C73H50N2S. The lowest BCUT2D eigenvalue weighted by atomic mass is 9.66. The van der Waals surface area contributed by atoms with Crippen molar-refractivity contribution in [2.45, 2.75) is 15.2 Å². The van der Waals surface area contributed by atoms with E-state index in [0.717, 1.165) is 45.3 Å². The Bertz CT molecular complexity index is 4060. The second-order valence-electron chi connectivity index (χ2n) is 19.5. The Kier molecular flexibility index (Phi) is 11.4. The lowest BCUT2D eigenvalue weighted by Gasteiger charge is -2.43. The van der Waals surface area contributed by atoms with Crippen LogP contribution in [0.2, 0.25) is 0 Å². The molecule has 0 saturated heterocycles. The summed E-state index contributed by atoms with van der Waals surface area (Å²) in [5.74, 6) is 0. The summed E-state index contributed by atoms with van der Waals surface area (Å²) in [6.45, 7) is 0. The van der Waals surface area contributed by atoms with E-state index in [0.29, 0.717) is 0 Å². The van der Waals surface area contributed by atoms with Crippen molar-refractivity contribution in [1.82, 2.24) is 0 Å². The number of rotatable bonds is 10. The van der Waals surface area contributed by atoms with Crippen LogP contribution in [-0.2, 0) is 5.41 Å². The number of hydrogen-bond acceptors (Lipinski definition) is 3. The summed E-state index contributed by atoms with van der Waals surface area (Å²) in [4.78, 5) is 7.48. The van der Waals surface area contributed by atoms with Crippen LogP contribution < -0.4 is 9.80 Å². The van der Waals surface area contributed by atoms with E-state index in [1.807, 2.05) is 11.8 Å². The maximum absolute atomic E-state index is 2.53. The van der Waals surface area contributed by atoms with Gasteiger partial charge in [0.15, 0.2) is 0 Å². The van der Waals surface area contributed by atoms with Gasteiger partial charge in [-0.2, -0.15) is 0 Å². The van der Waals surface area contributed by atoms with Crippen LogP contribution in [0.15, 0.2) is 313 Å². The van der Waals surface area contributed by atoms with E-state index < -0.39 is 5.41 Å². The number of benzene rings is 12. The SMILES string of the molecule is c1ccc(-c2ccc(N(c3cccc(-c4ccccc4)c3)c3cccc4c3Sc3ccccc3C43c4ccccc4-c4cccc(N(c5ccc(-c6ccccc6)cc5)c5ccccc5-c5ccccc5)c43)cc2)cc1. The van der Waals surface area contributed by atoms with Crippen LogP contribution in [0.1, 0.15) is 22.3 Å². The van der Waals surface area contributed by atoms with Gasteiger partial charge in [-0.25, -0.2) is 0 Å². The van der Waals surface area contributed by atoms with E-state index >= 15 is 0 Å². The Hall–Kier alpha value is -9.41. The summed E-state index contributed by atoms with van der Waals surface area (Å²) in [5, 5.41) is 0. The molecule has 0 saturated carbocycles. The maximum Gasteiger partial charge on any atom is 0.0756 e. The Labute approximate surface area is 449 Å². The highest BCUT2D eigenvalue weighted by Gasteiger charge is 2.53. The second-order valence-corrected chi connectivity index (χ2v) is 20.6. The van der Waals surface area contributed by atoms with Crippen molar-refractivity contribution in [3.8, 4) is 55.6 Å². The minimum absolute atomic E-state index is 0.728. The molecule has 76 heavy (non-hydrogen) atoms. The second kappa shape index (κ2) is 19.1. The summed E-state index contributed by atoms with van der Waals surface area (Å²) in [6, 6.07) is 112. The zero-order valence-electron chi connectivity index (χ0n) is 41.7. The van der Waals surface area contributed by atoms with Gasteiger partial charge in [-0.15, -0.1) is 0 Å². The summed E-state index contributed by atoms with van der Waals surface area (Å²) in [7, 11) is 0. The van der Waals surface area contributed by atoms with E-state index in [9.17, 15) is 0 Å². The van der Waals surface area contributed by atoms with Crippen molar-refractivity contribution < 1.29 is 0 Å². The van der Waals surface area contributed by atoms with E-state index in [1.165, 1.54) is 76.6 Å². The highest BCUT2D eigenvalue weighted by atomic mass is 32.2. The Morgan fingerprint density at radius 1 is 0.250 bits per heavy atom. The van der Waals surface area contributed by atoms with Crippen LogP contribution in [0, 0.1) is 0 Å². The van der Waals surface area contributed by atoms with Crippen LogP contribution in [-0.4, -0.2) is 0 Å². The van der Waals surface area contributed by atoms with Crippen molar-refractivity contribution in [2.24, 2.45) is 0 Å². The Morgan fingerprint density at radius 2 is 0.684 bits per heavy atom. The third-order valence-corrected chi connectivity index (χ3v) is 16.5. The van der Waals surface area contributed by atoms with Crippen molar-refractivity contribution in [3.63, 3.8) is 0 Å². The van der Waals surface area contributed by atoms with Crippen molar-refractivity contribution >= 4 is 45.9 Å². The molecule has 1 aliphatic heterocycles. The predicted molar refractivity (Wildman–Crippen MR) is 319 cm³/mol. The Morgan fingerprint density at radius 3 is 1.34 bits per heavy atom. The molecule has 1 atom stereocenters. The zero-order valence-corrected chi connectivity index (χ0v) is 42.5. The summed E-state index contributed by atoms with van der Waals surface area (Å²) in [5.41, 5.74) is 22.9. The summed E-state index contributed by atoms with van der Waals surface area (Å²) in [6.07, 6.45) is 0. The zero-order chi connectivity index (χ0) is 50.4. The molecule has 0 aromatic heterocycles. The molecule has 2 aliphatic rings. The first kappa shape index (κ1) is 45.2. The molecule has 1 unspecified atom stereocenters. The van der Waals surface area contributed by atoms with E-state index in [-0.39, 0.29) is 0 Å². The first-order valence-corrected chi connectivity index (χ1v) is 26.9. The third-order valence-electron chi connectivity index (χ3n) is 15.3. The topological polar surface area (TPSA) is 6.48 Å². The minimum Gasteiger partial charge on any atom is -0.310 e. The molecule has 1 spiro atoms. The first-order valence-electron chi connectivity index (χ1n) is 26.1. The normalized spacial score (nSPS) is 13.8. The lowest BCUT2D eigenvalue weighted by Crippen LogP contribution is -2.34. The summed E-state index contributed by atoms with van der Waals surface area (Å²) >= 11 is 1.89. The quantitative estimate of drug-likeness (QED) is 0.135. The fourth-order valence-electron chi connectivity index (χ4n) is 12.0. The van der Waals surface area contributed by atoms with Crippen LogP contribution in [0.4, 0.5) is 34.1 Å². The van der Waals surface area contributed by atoms with Crippen LogP contribution in [0.3, 0.4) is 0 Å². The molecule has 12 aromatic carbocycles. The highest BCUT2D eigenvalue weighted by Crippen LogP contribution is 2.66. The van der Waals surface area contributed by atoms with Crippen molar-refractivity contribution in [3.05, 3.63) is 326 Å². The maximum atomic E-state index is 2.53. The van der Waals surface area contributed by atoms with E-state index in [2.05, 4.69) is 313 Å². The van der Waals surface area contributed by atoms with Gasteiger partial charge < -0.3 is 9.80 Å². The largest absolute Gasteiger partial charge is 0.310 e. The van der Waals surface area contributed by atoms with E-state index in [4.69, 9.17) is 0 Å². The van der Waals surface area contributed by atoms with Gasteiger partial charge >= 0.3 is 0 Å². The molecule has 1 heterocycles. The smallest absolute Gasteiger partial charge is 0.0756 e. The molecule has 3 heteroatoms. The number of anilines is 6. The molecule has 0 N–H and O–H groups in total. The van der Waals surface area contributed by atoms with Gasteiger partial charge in [0.05, 0.1) is 22.5 Å². The highest BCUT2D eigenvalue weighted by molar-refractivity contribution is 7.99. The first-order chi connectivity index (χ1) is 37.7. The van der Waals surface area contributed by atoms with Crippen molar-refractivity contribution in [1.29, 1.82) is 0 Å². The van der Waals surface area contributed by atoms with Gasteiger partial charge in [0, 0.05) is 38.0 Å². The van der Waals surface area contributed by atoms with Gasteiger partial charge in [0.2, 0.25) is 0 Å². The average Bonchev–Trinajstić information content (AvgIpc) is 3.98. The summed E-state index contributed by atoms with van der Waals surface area (Å²) < 4.78 is 0. The van der Waals surface area contributed by atoms with Crippen LogP contribution >= 0.6 is 11.8 Å². The molecule has 14 rings (SSSR count). The molecule has 12 aromatic rings. The van der Waals surface area contributed by atoms with Crippen LogP contribution in [0.25, 0.3) is 55.6 Å².